The molecule has 248 valence electrons. The molecule has 0 aromatic carbocycles. The minimum atomic E-state index is -0.947. The van der Waals surface area contributed by atoms with Crippen molar-refractivity contribution in [2.75, 3.05) is 0 Å². The van der Waals surface area contributed by atoms with Gasteiger partial charge in [0.15, 0.2) is 5.95 Å². The summed E-state index contributed by atoms with van der Waals surface area (Å²) in [5, 5.41) is 16.3. The number of aromatic nitrogens is 2. The highest BCUT2D eigenvalue weighted by atomic mass is 32.1. The monoisotopic (exact) mass is 654 g/mol. The van der Waals surface area contributed by atoms with Gasteiger partial charge in [-0.05, 0) is 84.5 Å². The van der Waals surface area contributed by atoms with Crippen molar-refractivity contribution in [2.45, 2.75) is 108 Å². The third-order valence-corrected chi connectivity index (χ3v) is 7.50. The van der Waals surface area contributed by atoms with Crippen LogP contribution in [0.25, 0.3) is 5.70 Å². The number of nitrogens with two attached hydrogens (primary N) is 2. The lowest BCUT2D eigenvalue weighted by molar-refractivity contribution is 0.215. The van der Waals surface area contributed by atoms with Gasteiger partial charge in [0, 0.05) is 23.0 Å². The molecule has 2 atom stereocenters. The number of nitrogens with one attached hydrogen (secondary N) is 2. The van der Waals surface area contributed by atoms with Gasteiger partial charge in [-0.2, -0.15) is 14.9 Å². The summed E-state index contributed by atoms with van der Waals surface area (Å²) in [7, 11) is 0. The fourth-order valence-corrected chi connectivity index (χ4v) is 5.19. The number of H-pyrrole nitrogens is 2. The van der Waals surface area contributed by atoms with Crippen molar-refractivity contribution < 1.29 is 4.39 Å². The van der Waals surface area contributed by atoms with E-state index in [1.807, 2.05) is 26.0 Å². The van der Waals surface area contributed by atoms with Gasteiger partial charge in [-0.25, -0.2) is 0 Å². The van der Waals surface area contributed by atoms with E-state index >= 15 is 0 Å². The molecule has 2 aromatic rings. The van der Waals surface area contributed by atoms with Crippen molar-refractivity contribution >= 4 is 30.1 Å². The van der Waals surface area contributed by atoms with Crippen molar-refractivity contribution in [3.05, 3.63) is 73.7 Å². The molecule has 2 heterocycles. The molecule has 4 rings (SSSR count). The Morgan fingerprint density at radius 1 is 0.889 bits per heavy atom. The van der Waals surface area contributed by atoms with E-state index < -0.39 is 5.95 Å². The van der Waals surface area contributed by atoms with Crippen LogP contribution < -0.4 is 11.5 Å². The van der Waals surface area contributed by atoms with E-state index in [0.717, 1.165) is 29.0 Å². The molecule has 2 aliphatic carbocycles. The van der Waals surface area contributed by atoms with Crippen molar-refractivity contribution in [3.63, 3.8) is 0 Å². The number of pyridine rings is 2. The number of halogens is 1. The van der Waals surface area contributed by atoms with Crippen LogP contribution in [0.5, 0.6) is 0 Å². The number of aromatic amines is 2. The smallest absolute Gasteiger partial charge is 0.195 e. The second-order valence-electron chi connectivity index (χ2n) is 13.9. The third kappa shape index (κ3) is 17.1. The lowest BCUT2D eigenvalue weighted by atomic mass is 9.71. The number of nitriles is 2. The summed E-state index contributed by atoms with van der Waals surface area (Å²) in [6, 6.07) is 9.59. The maximum atomic E-state index is 11.1. The molecule has 0 spiro atoms. The molecule has 9 heteroatoms. The number of fused-ring (bicyclic) bond motifs is 2. The topological polar surface area (TPSA) is 131 Å². The van der Waals surface area contributed by atoms with E-state index in [1.165, 1.54) is 60.3 Å². The van der Waals surface area contributed by atoms with Crippen LogP contribution in [0.15, 0.2) is 36.3 Å². The molecule has 0 bridgehead atoms. The average molecular weight is 655 g/mol. The highest BCUT2D eigenvalue weighted by molar-refractivity contribution is 7.71. The Morgan fingerprint density at radius 2 is 1.42 bits per heavy atom. The fraction of sp³-hybridized carbons (Fsp3) is 0.556. The number of aryl methyl sites for hydroxylation is 2. The summed E-state index contributed by atoms with van der Waals surface area (Å²) < 4.78 is 12.6. The van der Waals surface area contributed by atoms with Crippen LogP contribution in [0.4, 0.5) is 4.39 Å². The summed E-state index contributed by atoms with van der Waals surface area (Å²) in [5.74, 6) is 0.549. The van der Waals surface area contributed by atoms with E-state index in [9.17, 15) is 4.39 Å². The molecule has 2 unspecified atom stereocenters. The summed E-state index contributed by atoms with van der Waals surface area (Å²) >= 11 is 10.4. The molecular weight excluding hydrogens is 600 g/mol. The molecule has 0 saturated heterocycles. The Balaban J connectivity index is 0.000000654. The van der Waals surface area contributed by atoms with Gasteiger partial charge in [-0.3, -0.25) is 0 Å². The Bertz CT molecular complexity index is 1460. The first-order valence-electron chi connectivity index (χ1n) is 15.7. The number of allylic oxidation sites excluding steroid dienone is 2. The van der Waals surface area contributed by atoms with Gasteiger partial charge in [0.2, 0.25) is 0 Å². The first-order chi connectivity index (χ1) is 20.8. The van der Waals surface area contributed by atoms with Crippen molar-refractivity contribution in [2.24, 2.45) is 34.1 Å². The predicted molar refractivity (Wildman–Crippen MR) is 193 cm³/mol. The largest absolute Gasteiger partial charge is 0.398 e. The highest BCUT2D eigenvalue weighted by Crippen LogP contribution is 2.37. The van der Waals surface area contributed by atoms with Crippen LogP contribution in [-0.2, 0) is 25.7 Å². The van der Waals surface area contributed by atoms with E-state index in [2.05, 4.69) is 83.2 Å². The minimum absolute atomic E-state index is 0.304. The number of rotatable bonds is 1. The summed E-state index contributed by atoms with van der Waals surface area (Å²) in [6.07, 6.45) is 8.89. The Hall–Kier alpha value is -3.27. The Labute approximate surface area is 281 Å². The van der Waals surface area contributed by atoms with Crippen LogP contribution in [-0.4, -0.2) is 9.97 Å². The molecular formula is C36H55FN6S2. The van der Waals surface area contributed by atoms with Crippen LogP contribution in [0.3, 0.4) is 0 Å². The zero-order valence-electron chi connectivity index (χ0n) is 29.0. The number of hydrogen-bond acceptors (Lipinski definition) is 6. The van der Waals surface area contributed by atoms with Gasteiger partial charge in [0.1, 0.15) is 9.28 Å². The van der Waals surface area contributed by atoms with E-state index in [1.54, 1.807) is 0 Å². The van der Waals surface area contributed by atoms with Crippen molar-refractivity contribution in [1.82, 2.24) is 9.97 Å². The van der Waals surface area contributed by atoms with Crippen LogP contribution >= 0.6 is 24.4 Å². The molecule has 0 saturated carbocycles. The first kappa shape index (κ1) is 41.7. The second kappa shape index (κ2) is 20.0. The predicted octanol–water partition coefficient (Wildman–Crippen LogP) is 9.95. The third-order valence-electron chi connectivity index (χ3n) is 6.94. The molecule has 2 aliphatic rings. The first-order valence-corrected chi connectivity index (χ1v) is 16.5. The maximum absolute atomic E-state index is 11.1. The molecule has 6 nitrogen and oxygen atoms in total. The molecule has 0 amide bonds. The molecule has 6 N–H and O–H groups in total. The van der Waals surface area contributed by atoms with Gasteiger partial charge >= 0.3 is 0 Å². The second-order valence-corrected chi connectivity index (χ2v) is 14.7. The standard InChI is InChI=1S/C16H21N3S.C10H13NS.C5H12.C3H3FN2.C2H6/c1-16(2,3)11-4-5-14-10(8-11)9-12(15(20)19-14)13(18)6-7-17;1-7-2-4-9-8(6-7)3-5-10(12)11-9;1-5(2,3)4;4-3(6)1-2-5;1-2/h6,9,11H,4-5,8,18H2,1-3H3,(H,19,20);3,5,7H,2,4,6H2,1H3,(H,11,12);1-4H3;1H,6H2;1-2H3/b13-6-;;;3-1-;. The fourth-order valence-electron chi connectivity index (χ4n) is 4.70. The molecule has 0 fully saturated rings. The lowest BCUT2D eigenvalue weighted by Gasteiger charge is -2.35. The number of hydrogen-bond donors (Lipinski definition) is 4. The van der Waals surface area contributed by atoms with Gasteiger partial charge in [-0.1, -0.05) is 99.7 Å². The van der Waals surface area contributed by atoms with E-state index in [-0.39, 0.29) is 0 Å². The quantitative estimate of drug-likeness (QED) is 0.137. The van der Waals surface area contributed by atoms with Crippen LogP contribution in [0.2, 0.25) is 0 Å². The van der Waals surface area contributed by atoms with Gasteiger partial charge in [0.25, 0.3) is 0 Å². The minimum Gasteiger partial charge on any atom is -0.398 e. The number of nitrogens with zero attached hydrogens (tertiary/aromatic N) is 2. The van der Waals surface area contributed by atoms with Gasteiger partial charge in [-0.15, -0.1) is 0 Å². The normalized spacial score (nSPS) is 17.3. The van der Waals surface area contributed by atoms with Crippen molar-refractivity contribution in [1.29, 1.82) is 10.5 Å². The Morgan fingerprint density at radius 3 is 1.91 bits per heavy atom. The molecule has 45 heavy (non-hydrogen) atoms. The SMILES string of the molecule is CC.CC(C)(C)C.CC(C)(C)C1CCc2[nH]c(=S)c(/C(N)=C/C#N)cc2C1.CC1CCc2[nH]c(=S)ccc2C1.N#C/C=C(\N)F. The van der Waals surface area contributed by atoms with E-state index in [4.69, 9.17) is 40.7 Å². The van der Waals surface area contributed by atoms with Gasteiger partial charge in [0.05, 0.1) is 23.9 Å². The average Bonchev–Trinajstić information content (AvgIpc) is 2.93. The molecule has 0 aliphatic heterocycles. The van der Waals surface area contributed by atoms with Crippen LogP contribution in [0, 0.1) is 54.6 Å². The maximum Gasteiger partial charge on any atom is 0.195 e. The Kier molecular flexibility index (Phi) is 18.5. The molecule has 2 aromatic heterocycles. The van der Waals surface area contributed by atoms with Gasteiger partial charge < -0.3 is 21.4 Å². The summed E-state index contributed by atoms with van der Waals surface area (Å²) in [5.41, 5.74) is 17.6. The lowest BCUT2D eigenvalue weighted by Crippen LogP contribution is -2.27. The summed E-state index contributed by atoms with van der Waals surface area (Å²) in [4.78, 5) is 6.56. The highest BCUT2D eigenvalue weighted by Gasteiger charge is 2.29. The zero-order chi connectivity index (χ0) is 35.0. The zero-order valence-corrected chi connectivity index (χ0v) is 30.7. The van der Waals surface area contributed by atoms with E-state index in [0.29, 0.717) is 33.2 Å². The van der Waals surface area contributed by atoms with Crippen LogP contribution in [0.1, 0.15) is 110 Å². The van der Waals surface area contributed by atoms with Crippen molar-refractivity contribution in [3.8, 4) is 12.1 Å². The summed E-state index contributed by atoms with van der Waals surface area (Å²) in [6.45, 7) is 21.9. The molecule has 0 radical (unpaired) electrons.